The Hall–Kier alpha value is -4.91. The van der Waals surface area contributed by atoms with Gasteiger partial charge >= 0.3 is 6.09 Å². The topological polar surface area (TPSA) is 127 Å². The average Bonchev–Trinajstić information content (AvgIpc) is 3.46. The Labute approximate surface area is 309 Å². The summed E-state index contributed by atoms with van der Waals surface area (Å²) in [5, 5.41) is 12.2. The van der Waals surface area contributed by atoms with Gasteiger partial charge in [-0.15, -0.1) is 0 Å². The first-order chi connectivity index (χ1) is 25.9. The van der Waals surface area contributed by atoms with E-state index in [1.54, 1.807) is 0 Å². The van der Waals surface area contributed by atoms with Gasteiger partial charge in [0.25, 0.3) is 5.91 Å². The lowest BCUT2D eigenvalue weighted by Gasteiger charge is -2.43. The second-order valence-electron chi connectivity index (χ2n) is 13.8. The van der Waals surface area contributed by atoms with Gasteiger partial charge < -0.3 is 29.4 Å². The number of aliphatic hydroxyl groups is 1. The Kier molecular flexibility index (Phi) is 11.6. The lowest BCUT2D eigenvalue weighted by Crippen LogP contribution is -2.47. The zero-order chi connectivity index (χ0) is 36.7. The molecule has 3 aliphatic heterocycles. The van der Waals surface area contributed by atoms with Crippen molar-refractivity contribution in [2.45, 2.75) is 57.6 Å². The van der Waals surface area contributed by atoms with E-state index in [0.29, 0.717) is 13.2 Å². The van der Waals surface area contributed by atoms with Gasteiger partial charge in [-0.25, -0.2) is 4.79 Å². The molecule has 0 saturated carbocycles. The average molecular weight is 720 g/mol. The molecule has 53 heavy (non-hydrogen) atoms. The number of aliphatic hydroxyl groups excluding tert-OH is 1. The van der Waals surface area contributed by atoms with E-state index < -0.39 is 24.3 Å². The number of nitrogens with zero attached hydrogens (tertiary/aromatic N) is 2. The number of hydrogen-bond donors (Lipinski definition) is 2. The van der Waals surface area contributed by atoms with Gasteiger partial charge in [-0.2, -0.15) is 0 Å². The van der Waals surface area contributed by atoms with Crippen molar-refractivity contribution in [3.8, 4) is 11.1 Å². The van der Waals surface area contributed by atoms with Crippen LogP contribution in [0.1, 0.15) is 53.6 Å². The van der Waals surface area contributed by atoms with E-state index in [9.17, 15) is 19.5 Å². The van der Waals surface area contributed by atoms with Gasteiger partial charge in [0.1, 0.15) is 12.6 Å². The molecule has 0 aliphatic carbocycles. The van der Waals surface area contributed by atoms with Crippen molar-refractivity contribution >= 4 is 17.9 Å². The maximum absolute atomic E-state index is 13.3. The monoisotopic (exact) mass is 719 g/mol. The Balaban J connectivity index is 1.04. The third-order valence-corrected chi connectivity index (χ3v) is 10.3. The number of alkyl carbamates (subject to hydrolysis) is 1. The fourth-order valence-electron chi connectivity index (χ4n) is 7.17. The SMILES string of the molecule is C[C@H]1[C@@H](CN2CCOCC2)O[C@@H](c2ccc(-c3ccccc3CN3C(=O)CC(NC(=O)OCc4ccccc4)C3=O)cc2)O[C@H]1c1ccc(CO)cc1. The first kappa shape index (κ1) is 36.4. The minimum atomic E-state index is -0.987. The maximum Gasteiger partial charge on any atom is 0.408 e. The van der Waals surface area contributed by atoms with Crippen molar-refractivity contribution in [1.29, 1.82) is 0 Å². The Morgan fingerprint density at radius 1 is 0.849 bits per heavy atom. The minimum absolute atomic E-state index is 0.0173. The van der Waals surface area contributed by atoms with Crippen LogP contribution in [0.3, 0.4) is 0 Å². The molecular weight excluding hydrogens is 674 g/mol. The molecule has 3 saturated heterocycles. The normalized spacial score (nSPS) is 23.6. The van der Waals surface area contributed by atoms with Crippen molar-refractivity contribution in [2.75, 3.05) is 32.8 Å². The van der Waals surface area contributed by atoms with Crippen LogP contribution in [-0.2, 0) is 48.3 Å². The van der Waals surface area contributed by atoms with Crippen LogP contribution >= 0.6 is 0 Å². The number of rotatable bonds is 11. The molecule has 0 bridgehead atoms. The van der Waals surface area contributed by atoms with Gasteiger partial charge in [0.15, 0.2) is 6.29 Å². The third kappa shape index (κ3) is 8.67. The van der Waals surface area contributed by atoms with Gasteiger partial charge in [0.05, 0.1) is 45.0 Å². The molecule has 0 radical (unpaired) electrons. The number of morpholine rings is 1. The largest absolute Gasteiger partial charge is 0.445 e. The van der Waals surface area contributed by atoms with Crippen LogP contribution in [0.15, 0.2) is 103 Å². The number of carbonyl (C=O) groups excluding carboxylic acids is 3. The quantitative estimate of drug-likeness (QED) is 0.193. The molecule has 276 valence electrons. The number of imide groups is 1. The number of nitrogens with one attached hydrogen (secondary N) is 1. The Bertz CT molecular complexity index is 1860. The van der Waals surface area contributed by atoms with Crippen molar-refractivity contribution in [1.82, 2.24) is 15.1 Å². The molecule has 4 aromatic rings. The van der Waals surface area contributed by atoms with Crippen LogP contribution in [0.4, 0.5) is 4.79 Å². The smallest absolute Gasteiger partial charge is 0.408 e. The van der Waals surface area contributed by atoms with E-state index in [1.165, 1.54) is 4.90 Å². The highest BCUT2D eigenvalue weighted by Crippen LogP contribution is 2.42. The lowest BCUT2D eigenvalue weighted by molar-refractivity contribution is -0.277. The van der Waals surface area contributed by atoms with Gasteiger partial charge in [-0.05, 0) is 33.4 Å². The first-order valence-electron chi connectivity index (χ1n) is 18.2. The van der Waals surface area contributed by atoms with Crippen molar-refractivity contribution < 1.29 is 38.4 Å². The molecule has 5 atom stereocenters. The third-order valence-electron chi connectivity index (χ3n) is 10.3. The molecule has 11 heteroatoms. The fraction of sp³-hybridized carbons (Fsp3) is 0.357. The van der Waals surface area contributed by atoms with E-state index >= 15 is 0 Å². The molecule has 1 unspecified atom stereocenters. The number of benzene rings is 4. The summed E-state index contributed by atoms with van der Waals surface area (Å²) in [6.07, 6.45) is -1.79. The molecule has 0 aromatic heterocycles. The lowest BCUT2D eigenvalue weighted by atomic mass is 9.90. The molecule has 7 rings (SSSR count). The molecule has 4 aromatic carbocycles. The number of amides is 3. The van der Waals surface area contributed by atoms with Crippen LogP contribution in [0.25, 0.3) is 11.1 Å². The van der Waals surface area contributed by atoms with Crippen molar-refractivity contribution in [3.05, 3.63) is 131 Å². The second-order valence-corrected chi connectivity index (χ2v) is 13.8. The van der Waals surface area contributed by atoms with E-state index in [1.807, 2.05) is 103 Å². The maximum atomic E-state index is 13.3. The van der Waals surface area contributed by atoms with E-state index in [0.717, 1.165) is 58.6 Å². The minimum Gasteiger partial charge on any atom is -0.445 e. The summed E-state index contributed by atoms with van der Waals surface area (Å²) in [5.41, 5.74) is 6.16. The van der Waals surface area contributed by atoms with E-state index in [2.05, 4.69) is 17.1 Å². The molecule has 11 nitrogen and oxygen atoms in total. The predicted octanol–water partition coefficient (Wildman–Crippen LogP) is 5.52. The summed E-state index contributed by atoms with van der Waals surface area (Å²) >= 11 is 0. The van der Waals surface area contributed by atoms with Gasteiger partial charge in [-0.1, -0.05) is 110 Å². The van der Waals surface area contributed by atoms with E-state index in [4.69, 9.17) is 18.9 Å². The van der Waals surface area contributed by atoms with Crippen LogP contribution < -0.4 is 5.32 Å². The van der Waals surface area contributed by atoms with Crippen LogP contribution in [0.5, 0.6) is 0 Å². The number of likely N-dealkylation sites (tertiary alicyclic amines) is 1. The summed E-state index contributed by atoms with van der Waals surface area (Å²) in [6.45, 7) is 6.16. The Morgan fingerprint density at radius 2 is 1.55 bits per heavy atom. The summed E-state index contributed by atoms with van der Waals surface area (Å²) in [5.74, 6) is -0.752. The highest BCUT2D eigenvalue weighted by Gasteiger charge is 2.41. The zero-order valence-electron chi connectivity index (χ0n) is 29.8. The number of carbonyl (C=O) groups is 3. The standard InChI is InChI=1S/C42H45N3O8/c1-28-37(25-44-19-21-50-22-20-44)52-41(53-39(28)32-13-11-29(26-46)12-14-32)33-17-15-31(16-18-33)35-10-6-5-9-34(35)24-45-38(47)23-36(40(45)48)43-42(49)51-27-30-7-3-2-4-8-30/h2-18,28,36-37,39,41,46H,19-27H2,1H3,(H,43,49)/t28-,36?,37+,39+,41+/m0/s1. The molecule has 0 spiro atoms. The van der Waals surface area contributed by atoms with Gasteiger partial charge in [0.2, 0.25) is 5.91 Å². The molecule has 3 aliphatic rings. The molecule has 3 amide bonds. The fourth-order valence-corrected chi connectivity index (χ4v) is 7.17. The zero-order valence-corrected chi connectivity index (χ0v) is 29.8. The highest BCUT2D eigenvalue weighted by molar-refractivity contribution is 6.06. The van der Waals surface area contributed by atoms with Crippen LogP contribution in [0, 0.1) is 5.92 Å². The van der Waals surface area contributed by atoms with Crippen molar-refractivity contribution in [3.63, 3.8) is 0 Å². The molecule has 3 heterocycles. The second kappa shape index (κ2) is 16.8. The molecule has 3 fully saturated rings. The summed E-state index contributed by atoms with van der Waals surface area (Å²) in [4.78, 5) is 42.4. The van der Waals surface area contributed by atoms with Gasteiger partial charge in [-0.3, -0.25) is 19.4 Å². The van der Waals surface area contributed by atoms with E-state index in [-0.39, 0.29) is 50.2 Å². The number of hydrogen-bond acceptors (Lipinski definition) is 9. The summed E-state index contributed by atoms with van der Waals surface area (Å²) in [7, 11) is 0. The predicted molar refractivity (Wildman–Crippen MR) is 196 cm³/mol. The first-order valence-corrected chi connectivity index (χ1v) is 18.2. The molecule has 2 N–H and O–H groups in total. The van der Waals surface area contributed by atoms with Crippen molar-refractivity contribution in [2.24, 2.45) is 5.92 Å². The van der Waals surface area contributed by atoms with Gasteiger partial charge in [0, 0.05) is 31.1 Å². The van der Waals surface area contributed by atoms with Crippen LogP contribution in [0.2, 0.25) is 0 Å². The Morgan fingerprint density at radius 3 is 2.28 bits per heavy atom. The highest BCUT2D eigenvalue weighted by atomic mass is 16.7. The van der Waals surface area contributed by atoms with Crippen LogP contribution in [-0.4, -0.2) is 77.8 Å². The summed E-state index contributed by atoms with van der Waals surface area (Å²) in [6, 6.07) is 31.8. The summed E-state index contributed by atoms with van der Waals surface area (Å²) < 4.78 is 24.2. The molecular formula is C42H45N3O8. The number of ether oxygens (including phenoxy) is 4.